The third kappa shape index (κ3) is 3.96. The summed E-state index contributed by atoms with van der Waals surface area (Å²) in [7, 11) is 0. The van der Waals surface area contributed by atoms with E-state index in [9.17, 15) is 9.90 Å². The van der Waals surface area contributed by atoms with Gasteiger partial charge in [0.15, 0.2) is 5.78 Å². The highest BCUT2D eigenvalue weighted by Crippen LogP contribution is 2.32. The van der Waals surface area contributed by atoms with Gasteiger partial charge in [0.05, 0.1) is 5.57 Å². The van der Waals surface area contributed by atoms with Gasteiger partial charge in [0.1, 0.15) is 18.1 Å². The Balaban J connectivity index is 3.54. The highest BCUT2D eigenvalue weighted by molar-refractivity contribution is 6.23. The first-order valence-corrected chi connectivity index (χ1v) is 6.60. The average Bonchev–Trinajstić information content (AvgIpc) is 2.45. The summed E-state index contributed by atoms with van der Waals surface area (Å²) >= 11 is 0. The molecule has 0 spiro atoms. The van der Waals surface area contributed by atoms with E-state index in [1.807, 2.05) is 13.0 Å². The molecule has 0 aliphatic rings. The van der Waals surface area contributed by atoms with Gasteiger partial charge in [-0.25, -0.2) is 0 Å². The van der Waals surface area contributed by atoms with Crippen LogP contribution in [0.4, 0.5) is 0 Å². The monoisotopic (exact) mass is 284 g/mol. The standard InChI is InChI=1S/C18H20O3/c1-5-9-14(19)18(16(7-3)21-12-6-2)17-13(4)10-8-11-15(17)20/h5-8,10-11,20H,1-3,9,12H2,4H3/b18-16+. The summed E-state index contributed by atoms with van der Waals surface area (Å²) in [6, 6.07) is 5.09. The number of rotatable bonds is 8. The largest absolute Gasteiger partial charge is 0.507 e. The van der Waals surface area contributed by atoms with Crippen molar-refractivity contribution in [1.29, 1.82) is 0 Å². The first-order chi connectivity index (χ1) is 10.1. The molecule has 3 nitrogen and oxygen atoms in total. The molecule has 1 N–H and O–H groups in total. The zero-order valence-electron chi connectivity index (χ0n) is 12.3. The van der Waals surface area contributed by atoms with E-state index in [1.165, 1.54) is 18.2 Å². The highest BCUT2D eigenvalue weighted by atomic mass is 16.5. The third-order valence-corrected chi connectivity index (χ3v) is 2.90. The van der Waals surface area contributed by atoms with E-state index in [1.54, 1.807) is 12.1 Å². The Hall–Kier alpha value is -2.55. The number of benzene rings is 1. The quantitative estimate of drug-likeness (QED) is 0.340. The van der Waals surface area contributed by atoms with Crippen LogP contribution < -0.4 is 0 Å². The van der Waals surface area contributed by atoms with Crippen molar-refractivity contribution in [3.8, 4) is 5.75 Å². The highest BCUT2D eigenvalue weighted by Gasteiger charge is 2.21. The normalized spacial score (nSPS) is 11.3. The second-order valence-electron chi connectivity index (χ2n) is 4.43. The molecule has 0 atom stereocenters. The van der Waals surface area contributed by atoms with Gasteiger partial charge in [0.25, 0.3) is 0 Å². The average molecular weight is 284 g/mol. The molecule has 3 heteroatoms. The Labute approximate surface area is 125 Å². The lowest BCUT2D eigenvalue weighted by atomic mass is 9.93. The second-order valence-corrected chi connectivity index (χ2v) is 4.43. The summed E-state index contributed by atoms with van der Waals surface area (Å²) < 4.78 is 5.51. The molecule has 0 aromatic heterocycles. The number of phenolic OH excluding ortho intramolecular Hbond substituents is 1. The van der Waals surface area contributed by atoms with Gasteiger partial charge in [-0.1, -0.05) is 37.4 Å². The molecule has 0 radical (unpaired) electrons. The molecular weight excluding hydrogens is 264 g/mol. The molecule has 0 saturated heterocycles. The lowest BCUT2D eigenvalue weighted by Crippen LogP contribution is -2.07. The van der Waals surface area contributed by atoms with Gasteiger partial charge in [-0.15, -0.1) is 6.58 Å². The number of phenols is 1. The molecule has 0 saturated carbocycles. The number of carbonyl (C=O) groups excluding carboxylic acids is 1. The lowest BCUT2D eigenvalue weighted by molar-refractivity contribution is -0.113. The van der Waals surface area contributed by atoms with E-state index in [4.69, 9.17) is 4.74 Å². The van der Waals surface area contributed by atoms with Gasteiger partial charge in [-0.3, -0.25) is 4.79 Å². The molecule has 0 heterocycles. The van der Waals surface area contributed by atoms with Crippen LogP contribution in [-0.4, -0.2) is 17.5 Å². The van der Waals surface area contributed by atoms with Crippen molar-refractivity contribution in [3.05, 3.63) is 73.1 Å². The van der Waals surface area contributed by atoms with Crippen LogP contribution >= 0.6 is 0 Å². The van der Waals surface area contributed by atoms with Crippen molar-refractivity contribution in [3.63, 3.8) is 0 Å². The van der Waals surface area contributed by atoms with Crippen molar-refractivity contribution in [2.24, 2.45) is 0 Å². The predicted molar refractivity (Wildman–Crippen MR) is 85.9 cm³/mol. The Bertz CT molecular complexity index is 574. The minimum absolute atomic E-state index is 0.0314. The van der Waals surface area contributed by atoms with Crippen LogP contribution in [0.1, 0.15) is 17.5 Å². The van der Waals surface area contributed by atoms with Crippen LogP contribution in [0.15, 0.2) is 61.9 Å². The van der Waals surface area contributed by atoms with E-state index >= 15 is 0 Å². The third-order valence-electron chi connectivity index (χ3n) is 2.90. The topological polar surface area (TPSA) is 46.5 Å². The molecule has 0 fully saturated rings. The summed E-state index contributed by atoms with van der Waals surface area (Å²) in [5, 5.41) is 10.1. The van der Waals surface area contributed by atoms with Crippen molar-refractivity contribution in [2.75, 3.05) is 6.61 Å². The number of carbonyl (C=O) groups is 1. The lowest BCUT2D eigenvalue weighted by Gasteiger charge is -2.15. The Morgan fingerprint density at radius 2 is 2.00 bits per heavy atom. The number of hydrogen-bond donors (Lipinski definition) is 1. The first-order valence-electron chi connectivity index (χ1n) is 6.60. The maximum absolute atomic E-state index is 12.4. The zero-order valence-corrected chi connectivity index (χ0v) is 12.3. The van der Waals surface area contributed by atoms with Gasteiger partial charge >= 0.3 is 0 Å². The molecule has 0 aliphatic heterocycles. The van der Waals surface area contributed by atoms with Gasteiger partial charge < -0.3 is 9.84 Å². The molecule has 110 valence electrons. The van der Waals surface area contributed by atoms with Gasteiger partial charge in [-0.2, -0.15) is 0 Å². The van der Waals surface area contributed by atoms with Crippen LogP contribution in [0, 0.1) is 6.92 Å². The van der Waals surface area contributed by atoms with Gasteiger partial charge in [-0.05, 0) is 24.6 Å². The Kier molecular flexibility index (Phi) is 6.21. The number of Topliss-reactive ketones (excluding diaryl/α,β-unsaturated/α-hetero) is 1. The van der Waals surface area contributed by atoms with Crippen LogP contribution in [0.2, 0.25) is 0 Å². The number of aryl methyl sites for hydroxylation is 1. The van der Waals surface area contributed by atoms with Gasteiger partial charge in [0, 0.05) is 12.0 Å². The fraction of sp³-hybridized carbons (Fsp3) is 0.167. The molecule has 1 aromatic carbocycles. The first kappa shape index (κ1) is 16.5. The maximum Gasteiger partial charge on any atom is 0.171 e. The van der Waals surface area contributed by atoms with E-state index in [0.29, 0.717) is 16.9 Å². The number of hydrogen-bond acceptors (Lipinski definition) is 3. The summed E-state index contributed by atoms with van der Waals surface area (Å²) in [5.74, 6) is 0.170. The van der Waals surface area contributed by atoms with Crippen LogP contribution in [0.5, 0.6) is 5.75 Å². The minimum atomic E-state index is -0.187. The fourth-order valence-corrected chi connectivity index (χ4v) is 1.99. The summed E-state index contributed by atoms with van der Waals surface area (Å²) in [6.45, 7) is 12.9. The molecular formula is C18H20O3. The van der Waals surface area contributed by atoms with Crippen molar-refractivity contribution >= 4 is 11.4 Å². The smallest absolute Gasteiger partial charge is 0.171 e. The minimum Gasteiger partial charge on any atom is -0.507 e. The zero-order chi connectivity index (χ0) is 15.8. The van der Waals surface area contributed by atoms with Crippen molar-refractivity contribution in [2.45, 2.75) is 13.3 Å². The summed E-state index contributed by atoms with van der Waals surface area (Å²) in [6.07, 6.45) is 4.71. The number of aromatic hydroxyl groups is 1. The Morgan fingerprint density at radius 3 is 2.52 bits per heavy atom. The maximum atomic E-state index is 12.4. The van der Waals surface area contributed by atoms with E-state index in [2.05, 4.69) is 19.7 Å². The van der Waals surface area contributed by atoms with E-state index in [-0.39, 0.29) is 24.6 Å². The molecule has 0 amide bonds. The summed E-state index contributed by atoms with van der Waals surface area (Å²) in [5.41, 5.74) is 1.55. The van der Waals surface area contributed by atoms with Gasteiger partial charge in [0.2, 0.25) is 0 Å². The molecule has 21 heavy (non-hydrogen) atoms. The molecule has 1 rings (SSSR count). The van der Waals surface area contributed by atoms with Crippen LogP contribution in [0.25, 0.3) is 5.57 Å². The van der Waals surface area contributed by atoms with E-state index in [0.717, 1.165) is 5.56 Å². The van der Waals surface area contributed by atoms with E-state index < -0.39 is 0 Å². The Morgan fingerprint density at radius 1 is 1.29 bits per heavy atom. The SMILES string of the molecule is C=CCO/C(C=C)=C(\C(=O)CC=C)c1c(C)cccc1O. The molecule has 0 aliphatic carbocycles. The number of ketones is 1. The molecule has 0 unspecified atom stereocenters. The predicted octanol–water partition coefficient (Wildman–Crippen LogP) is 3.95. The van der Waals surface area contributed by atoms with Crippen LogP contribution in [-0.2, 0) is 9.53 Å². The molecule has 0 bridgehead atoms. The second kappa shape index (κ2) is 7.90. The molecule has 1 aromatic rings. The number of allylic oxidation sites excluding steroid dienone is 3. The van der Waals surface area contributed by atoms with Crippen molar-refractivity contribution in [1.82, 2.24) is 0 Å². The summed E-state index contributed by atoms with van der Waals surface area (Å²) in [4.78, 5) is 12.4. The fourth-order valence-electron chi connectivity index (χ4n) is 1.99. The van der Waals surface area contributed by atoms with Crippen LogP contribution in [0.3, 0.4) is 0 Å². The van der Waals surface area contributed by atoms with Crippen molar-refractivity contribution < 1.29 is 14.6 Å². The number of ether oxygens (including phenoxy) is 1.